The summed E-state index contributed by atoms with van der Waals surface area (Å²) in [6.07, 6.45) is 6.26. The number of carbonyl (C=O) groups excluding carboxylic acids is 1. The number of benzene rings is 1. The first-order valence-corrected chi connectivity index (χ1v) is 11.6. The largest absolute Gasteiger partial charge is 0.490 e. The summed E-state index contributed by atoms with van der Waals surface area (Å²) in [5.41, 5.74) is 0.718. The quantitative estimate of drug-likeness (QED) is 0.661. The number of carbonyl (C=O) groups is 1. The Morgan fingerprint density at radius 1 is 1.23 bits per heavy atom. The molecular weight excluding hydrogens is 392 g/mol. The first kappa shape index (κ1) is 21.6. The van der Waals surface area contributed by atoms with Crippen LogP contribution in [0.1, 0.15) is 57.3 Å². The average Bonchev–Trinajstić information content (AvgIpc) is 3.54. The molecule has 1 atom stereocenters. The molecule has 31 heavy (non-hydrogen) atoms. The summed E-state index contributed by atoms with van der Waals surface area (Å²) in [6, 6.07) is 8.13. The zero-order chi connectivity index (χ0) is 21.6. The van der Waals surface area contributed by atoms with Crippen molar-refractivity contribution in [1.29, 1.82) is 0 Å². The van der Waals surface area contributed by atoms with Crippen LogP contribution in [-0.4, -0.2) is 69.9 Å². The number of hydrogen-bond donors (Lipinski definition) is 1. The van der Waals surface area contributed by atoms with Gasteiger partial charge in [0.25, 0.3) is 0 Å². The maximum absolute atomic E-state index is 13.0. The van der Waals surface area contributed by atoms with Gasteiger partial charge in [-0.1, -0.05) is 26.0 Å². The topological polar surface area (TPSA) is 75.5 Å². The molecule has 168 valence electrons. The van der Waals surface area contributed by atoms with E-state index < -0.39 is 0 Å². The molecule has 1 saturated heterocycles. The second-order valence-electron chi connectivity index (χ2n) is 8.41. The minimum absolute atomic E-state index is 0.0815. The minimum atomic E-state index is -0.0815. The summed E-state index contributed by atoms with van der Waals surface area (Å²) >= 11 is 0. The Morgan fingerprint density at radius 2 is 2.03 bits per heavy atom. The molecule has 1 aromatic heterocycles. The van der Waals surface area contributed by atoms with Gasteiger partial charge in [-0.25, -0.2) is 4.79 Å². The molecule has 2 amide bonds. The highest BCUT2D eigenvalue weighted by molar-refractivity contribution is 5.91. The second-order valence-corrected chi connectivity index (χ2v) is 8.41. The Labute approximate surface area is 184 Å². The van der Waals surface area contributed by atoms with Gasteiger partial charge in [0.2, 0.25) is 0 Å². The van der Waals surface area contributed by atoms with Crippen LogP contribution in [0.15, 0.2) is 30.6 Å². The smallest absolute Gasteiger partial charge is 0.321 e. The molecule has 0 bridgehead atoms. The number of piperidine rings is 1. The number of nitrogens with one attached hydrogen (secondary N) is 1. The molecule has 1 aliphatic heterocycles. The van der Waals surface area contributed by atoms with Gasteiger partial charge >= 0.3 is 6.03 Å². The molecule has 0 spiro atoms. The molecular formula is C23H34N6O2. The number of ether oxygens (including phenoxy) is 1. The molecule has 2 heterocycles. The lowest BCUT2D eigenvalue weighted by Crippen LogP contribution is -2.42. The van der Waals surface area contributed by atoms with Crippen molar-refractivity contribution < 1.29 is 9.53 Å². The molecule has 0 unspecified atom stereocenters. The summed E-state index contributed by atoms with van der Waals surface area (Å²) in [5.74, 6) is 1.98. The van der Waals surface area contributed by atoms with E-state index >= 15 is 0 Å². The van der Waals surface area contributed by atoms with Crippen molar-refractivity contribution in [3.8, 4) is 5.75 Å². The molecule has 8 nitrogen and oxygen atoms in total. The third-order valence-electron chi connectivity index (χ3n) is 6.30. The second kappa shape index (κ2) is 10.1. The van der Waals surface area contributed by atoms with Crippen LogP contribution in [0.2, 0.25) is 0 Å². The monoisotopic (exact) mass is 426 g/mol. The number of urea groups is 1. The van der Waals surface area contributed by atoms with Gasteiger partial charge < -0.3 is 24.4 Å². The Balaban J connectivity index is 1.36. The number of anilines is 1. The van der Waals surface area contributed by atoms with Crippen LogP contribution in [0.5, 0.6) is 5.75 Å². The highest BCUT2D eigenvalue weighted by Gasteiger charge is 2.32. The maximum atomic E-state index is 13.0. The summed E-state index contributed by atoms with van der Waals surface area (Å²) < 4.78 is 8.21. The van der Waals surface area contributed by atoms with Gasteiger partial charge in [0, 0.05) is 31.6 Å². The maximum Gasteiger partial charge on any atom is 0.321 e. The lowest BCUT2D eigenvalue weighted by Gasteiger charge is -2.32. The number of para-hydroxylation sites is 2. The minimum Gasteiger partial charge on any atom is -0.490 e. The van der Waals surface area contributed by atoms with Gasteiger partial charge in [0.15, 0.2) is 0 Å². The van der Waals surface area contributed by atoms with Gasteiger partial charge in [0.1, 0.15) is 24.5 Å². The van der Waals surface area contributed by atoms with Gasteiger partial charge in [0.05, 0.1) is 5.69 Å². The third-order valence-corrected chi connectivity index (χ3v) is 6.30. The van der Waals surface area contributed by atoms with Gasteiger partial charge in [-0.05, 0) is 50.9 Å². The Kier molecular flexibility index (Phi) is 7.06. The highest BCUT2D eigenvalue weighted by atomic mass is 16.5. The van der Waals surface area contributed by atoms with Gasteiger partial charge in [-0.3, -0.25) is 0 Å². The van der Waals surface area contributed by atoms with Crippen molar-refractivity contribution in [3.05, 3.63) is 36.4 Å². The molecule has 1 saturated carbocycles. The fourth-order valence-corrected chi connectivity index (χ4v) is 4.26. The molecule has 1 N–H and O–H groups in total. The Bertz CT molecular complexity index is 861. The number of aromatic nitrogens is 3. The fourth-order valence-electron chi connectivity index (χ4n) is 4.26. The van der Waals surface area contributed by atoms with Crippen LogP contribution >= 0.6 is 0 Å². The zero-order valence-corrected chi connectivity index (χ0v) is 18.7. The van der Waals surface area contributed by atoms with Crippen molar-refractivity contribution in [3.63, 3.8) is 0 Å². The summed E-state index contributed by atoms with van der Waals surface area (Å²) in [5, 5.41) is 11.6. The van der Waals surface area contributed by atoms with E-state index in [9.17, 15) is 4.79 Å². The first-order chi connectivity index (χ1) is 15.2. The number of hydrogen-bond acceptors (Lipinski definition) is 5. The number of likely N-dealkylation sites (tertiary alicyclic amines) is 1. The van der Waals surface area contributed by atoms with E-state index in [2.05, 4.69) is 38.8 Å². The molecule has 0 radical (unpaired) electrons. The van der Waals surface area contributed by atoms with E-state index in [-0.39, 0.29) is 11.9 Å². The van der Waals surface area contributed by atoms with Crippen molar-refractivity contribution in [2.24, 2.45) is 0 Å². The van der Waals surface area contributed by atoms with Crippen LogP contribution < -0.4 is 10.1 Å². The van der Waals surface area contributed by atoms with Crippen LogP contribution in [-0.2, 0) is 0 Å². The van der Waals surface area contributed by atoms with Crippen LogP contribution in [0.3, 0.4) is 0 Å². The van der Waals surface area contributed by atoms with E-state index in [0.29, 0.717) is 24.9 Å². The SMILES string of the molecule is CCN(CC)CCOc1ccccc1NC(=O)N1CCC[C@@H](c2nncn2C2CC2)C1. The standard InChI is InChI=1S/C23H34N6O2/c1-3-27(4-2)14-15-31-21-10-6-5-9-20(21)25-23(30)28-13-7-8-18(16-28)22-26-24-17-29(22)19-11-12-19/h5-6,9-10,17-19H,3-4,7-8,11-16H2,1-2H3,(H,25,30)/t18-/m1/s1. The predicted octanol–water partition coefficient (Wildman–Crippen LogP) is 3.75. The lowest BCUT2D eigenvalue weighted by atomic mass is 9.97. The molecule has 8 heteroatoms. The summed E-state index contributed by atoms with van der Waals surface area (Å²) in [4.78, 5) is 17.3. The van der Waals surface area contributed by atoms with E-state index in [1.54, 1.807) is 0 Å². The number of likely N-dealkylation sites (N-methyl/N-ethyl adjacent to an activating group) is 1. The van der Waals surface area contributed by atoms with E-state index in [1.807, 2.05) is 35.5 Å². The van der Waals surface area contributed by atoms with Crippen LogP contribution in [0, 0.1) is 0 Å². The first-order valence-electron chi connectivity index (χ1n) is 11.6. The van der Waals surface area contributed by atoms with Gasteiger partial charge in [-0.15, -0.1) is 10.2 Å². The molecule has 2 aromatic rings. The molecule has 1 aliphatic carbocycles. The van der Waals surface area contributed by atoms with Gasteiger partial charge in [-0.2, -0.15) is 0 Å². The van der Waals surface area contributed by atoms with Crippen molar-refractivity contribution in [2.45, 2.75) is 51.5 Å². The predicted molar refractivity (Wildman–Crippen MR) is 121 cm³/mol. The summed E-state index contributed by atoms with van der Waals surface area (Å²) in [6.45, 7) is 9.19. The Hall–Kier alpha value is -2.61. The van der Waals surface area contributed by atoms with Crippen LogP contribution in [0.25, 0.3) is 0 Å². The Morgan fingerprint density at radius 3 is 2.81 bits per heavy atom. The van der Waals surface area contributed by atoms with E-state index in [4.69, 9.17) is 4.74 Å². The highest BCUT2D eigenvalue weighted by Crippen LogP contribution is 2.38. The number of nitrogens with zero attached hydrogens (tertiary/aromatic N) is 5. The summed E-state index contributed by atoms with van der Waals surface area (Å²) in [7, 11) is 0. The van der Waals surface area contributed by atoms with Crippen molar-refractivity contribution >= 4 is 11.7 Å². The molecule has 1 aromatic carbocycles. The van der Waals surface area contributed by atoms with Crippen molar-refractivity contribution in [1.82, 2.24) is 24.6 Å². The van der Waals surface area contributed by atoms with E-state index in [0.717, 1.165) is 50.5 Å². The van der Waals surface area contributed by atoms with Crippen molar-refractivity contribution in [2.75, 3.05) is 44.6 Å². The zero-order valence-electron chi connectivity index (χ0n) is 18.7. The van der Waals surface area contributed by atoms with E-state index in [1.165, 1.54) is 12.8 Å². The molecule has 2 fully saturated rings. The normalized spacial score (nSPS) is 18.9. The molecule has 4 rings (SSSR count). The lowest BCUT2D eigenvalue weighted by molar-refractivity contribution is 0.190. The van der Waals surface area contributed by atoms with Crippen LogP contribution in [0.4, 0.5) is 10.5 Å². The number of amides is 2. The average molecular weight is 427 g/mol. The molecule has 2 aliphatic rings. The fraction of sp³-hybridized carbons (Fsp3) is 0.609. The number of rotatable bonds is 9. The third kappa shape index (κ3) is 5.36.